The van der Waals surface area contributed by atoms with Gasteiger partial charge in [0.05, 0.1) is 16.3 Å². The van der Waals surface area contributed by atoms with Crippen LogP contribution in [-0.2, 0) is 30.8 Å². The third kappa shape index (κ3) is 6.63. The molecular weight excluding hydrogens is 456 g/mol. The molecule has 0 aliphatic heterocycles. The Bertz CT molecular complexity index is 1300. The summed E-state index contributed by atoms with van der Waals surface area (Å²) in [5.41, 5.74) is 4.19. The molecule has 0 saturated carbocycles. The molecule has 0 aliphatic carbocycles. The van der Waals surface area contributed by atoms with Crippen LogP contribution in [0.3, 0.4) is 0 Å². The first-order valence-corrected chi connectivity index (χ1v) is 12.0. The Hall–Kier alpha value is -3.76. The van der Waals surface area contributed by atoms with Gasteiger partial charge in [-0.05, 0) is 56.2 Å². The molecule has 34 heavy (non-hydrogen) atoms. The van der Waals surface area contributed by atoms with E-state index in [4.69, 9.17) is 9.88 Å². The number of nitrogens with one attached hydrogen (secondary N) is 1. The molecule has 9 nitrogen and oxygen atoms in total. The smallest absolute Gasteiger partial charge is 0.331 e. The summed E-state index contributed by atoms with van der Waals surface area (Å²) in [5.74, 6) is -1.08. The largest absolute Gasteiger partial charge is 0.452 e. The molecule has 0 atom stereocenters. The van der Waals surface area contributed by atoms with Gasteiger partial charge in [-0.15, -0.1) is 0 Å². The Morgan fingerprint density at radius 3 is 2.41 bits per heavy atom. The highest BCUT2D eigenvalue weighted by molar-refractivity contribution is 7.89. The highest BCUT2D eigenvalue weighted by Crippen LogP contribution is 2.19. The molecule has 3 N–H and O–H groups in total. The van der Waals surface area contributed by atoms with Crippen molar-refractivity contribution in [1.82, 2.24) is 15.1 Å². The highest BCUT2D eigenvalue weighted by atomic mass is 32.2. The zero-order chi connectivity index (χ0) is 24.7. The number of nitrogens with two attached hydrogens (primary N) is 1. The van der Waals surface area contributed by atoms with Crippen LogP contribution >= 0.6 is 0 Å². The molecule has 10 heteroatoms. The van der Waals surface area contributed by atoms with Crippen LogP contribution in [0, 0.1) is 13.8 Å². The summed E-state index contributed by atoms with van der Waals surface area (Å²) in [5, 5.41) is 12.2. The Labute approximate surface area is 198 Å². The third-order valence-corrected chi connectivity index (χ3v) is 6.00. The van der Waals surface area contributed by atoms with Crippen molar-refractivity contribution in [3.05, 3.63) is 83.2 Å². The molecule has 1 heterocycles. The number of esters is 1. The minimum Gasteiger partial charge on any atom is -0.452 e. The molecule has 3 rings (SSSR count). The van der Waals surface area contributed by atoms with Gasteiger partial charge in [-0.1, -0.05) is 30.3 Å². The van der Waals surface area contributed by atoms with Crippen molar-refractivity contribution in [1.29, 1.82) is 0 Å². The molecule has 0 aliphatic rings. The summed E-state index contributed by atoms with van der Waals surface area (Å²) in [6, 6.07) is 15.7. The van der Waals surface area contributed by atoms with E-state index in [0.29, 0.717) is 13.0 Å². The van der Waals surface area contributed by atoms with Crippen LogP contribution in [0.1, 0.15) is 22.5 Å². The van der Waals surface area contributed by atoms with Gasteiger partial charge in [0.15, 0.2) is 6.61 Å². The Balaban J connectivity index is 1.46. The van der Waals surface area contributed by atoms with Crippen molar-refractivity contribution in [3.63, 3.8) is 0 Å². The van der Waals surface area contributed by atoms with Crippen molar-refractivity contribution in [2.45, 2.75) is 25.2 Å². The first kappa shape index (κ1) is 24.9. The number of rotatable bonds is 9. The number of aromatic nitrogens is 2. The van der Waals surface area contributed by atoms with Crippen LogP contribution in [0.25, 0.3) is 11.8 Å². The van der Waals surface area contributed by atoms with Crippen LogP contribution in [0.15, 0.2) is 65.6 Å². The fourth-order valence-electron chi connectivity index (χ4n) is 3.30. The van der Waals surface area contributed by atoms with Crippen molar-refractivity contribution in [2.75, 3.05) is 13.2 Å². The number of benzene rings is 2. The summed E-state index contributed by atoms with van der Waals surface area (Å²) in [6.45, 7) is 3.66. The normalized spacial score (nSPS) is 11.5. The fourth-order valence-corrected chi connectivity index (χ4v) is 3.81. The van der Waals surface area contributed by atoms with Crippen LogP contribution in [0.4, 0.5) is 0 Å². The molecule has 1 aromatic heterocycles. The second kappa shape index (κ2) is 10.9. The van der Waals surface area contributed by atoms with E-state index in [0.717, 1.165) is 28.2 Å². The molecular formula is C24H26N4O5S. The maximum Gasteiger partial charge on any atom is 0.331 e. The van der Waals surface area contributed by atoms with Crippen LogP contribution in [0.5, 0.6) is 0 Å². The minimum absolute atomic E-state index is 0.0260. The van der Waals surface area contributed by atoms with E-state index in [2.05, 4.69) is 10.4 Å². The molecule has 0 spiro atoms. The second-order valence-electron chi connectivity index (χ2n) is 7.56. The molecule has 0 saturated heterocycles. The summed E-state index contributed by atoms with van der Waals surface area (Å²) < 4.78 is 29.3. The number of hydrogen-bond acceptors (Lipinski definition) is 6. The van der Waals surface area contributed by atoms with Gasteiger partial charge in [-0.25, -0.2) is 23.0 Å². The number of carbonyl (C=O) groups excluding carboxylic acids is 2. The number of aryl methyl sites for hydroxylation is 1. The summed E-state index contributed by atoms with van der Waals surface area (Å²) in [7, 11) is -3.74. The third-order valence-electron chi connectivity index (χ3n) is 5.07. The standard InChI is InChI=1S/C24H26N4O5S/c1-17-22(18(2)28(27-17)20-6-4-3-5-7-20)12-13-24(30)33-16-23(29)26-15-14-19-8-10-21(11-9-19)34(25,31)32/h3-13H,14-16H2,1-2H3,(H,26,29)(H2,25,31,32)/b13-12+. The Morgan fingerprint density at radius 2 is 1.76 bits per heavy atom. The van der Waals surface area contributed by atoms with Crippen molar-refractivity contribution >= 4 is 28.0 Å². The van der Waals surface area contributed by atoms with E-state index in [-0.39, 0.29) is 4.90 Å². The molecule has 1 amide bonds. The van der Waals surface area contributed by atoms with Gasteiger partial charge in [0.25, 0.3) is 5.91 Å². The predicted octanol–water partition coefficient (Wildman–Crippen LogP) is 2.05. The second-order valence-corrected chi connectivity index (χ2v) is 9.12. The van der Waals surface area contributed by atoms with E-state index >= 15 is 0 Å². The summed E-state index contributed by atoms with van der Waals surface area (Å²) >= 11 is 0. The van der Waals surface area contributed by atoms with Gasteiger partial charge in [0.1, 0.15) is 0 Å². The highest BCUT2D eigenvalue weighted by Gasteiger charge is 2.12. The lowest BCUT2D eigenvalue weighted by molar-refractivity contribution is -0.143. The van der Waals surface area contributed by atoms with Gasteiger partial charge in [0, 0.05) is 23.9 Å². The summed E-state index contributed by atoms with van der Waals surface area (Å²) in [4.78, 5) is 24.0. The van der Waals surface area contributed by atoms with Gasteiger partial charge < -0.3 is 10.1 Å². The number of hydrogen-bond donors (Lipinski definition) is 2. The van der Waals surface area contributed by atoms with E-state index < -0.39 is 28.5 Å². The van der Waals surface area contributed by atoms with Crippen LogP contribution in [0.2, 0.25) is 0 Å². The number of nitrogens with zero attached hydrogens (tertiary/aromatic N) is 2. The molecule has 178 valence electrons. The van der Waals surface area contributed by atoms with E-state index in [1.807, 2.05) is 44.2 Å². The number of ether oxygens (including phenoxy) is 1. The van der Waals surface area contributed by atoms with E-state index in [1.54, 1.807) is 22.9 Å². The van der Waals surface area contributed by atoms with Gasteiger partial charge in [-0.2, -0.15) is 5.10 Å². The molecule has 0 radical (unpaired) electrons. The first-order chi connectivity index (χ1) is 16.1. The Kier molecular flexibility index (Phi) is 7.98. The van der Waals surface area contributed by atoms with E-state index in [1.165, 1.54) is 18.2 Å². The zero-order valence-electron chi connectivity index (χ0n) is 18.9. The molecule has 3 aromatic rings. The maximum absolute atomic E-state index is 12.1. The molecule has 2 aromatic carbocycles. The monoisotopic (exact) mass is 482 g/mol. The number of primary sulfonamides is 1. The average molecular weight is 483 g/mol. The SMILES string of the molecule is Cc1nn(-c2ccccc2)c(C)c1/C=C/C(=O)OCC(=O)NCCc1ccc(S(N)(=O)=O)cc1. The maximum atomic E-state index is 12.1. The lowest BCUT2D eigenvalue weighted by Crippen LogP contribution is -2.30. The van der Waals surface area contributed by atoms with Crippen molar-refractivity contribution in [2.24, 2.45) is 5.14 Å². The average Bonchev–Trinajstić information content (AvgIpc) is 3.10. The quantitative estimate of drug-likeness (QED) is 0.354. The van der Waals surface area contributed by atoms with E-state index in [9.17, 15) is 18.0 Å². The molecule has 0 bridgehead atoms. The minimum atomic E-state index is -3.74. The van der Waals surface area contributed by atoms with Crippen molar-refractivity contribution < 1.29 is 22.7 Å². The van der Waals surface area contributed by atoms with Crippen LogP contribution < -0.4 is 10.5 Å². The zero-order valence-corrected chi connectivity index (χ0v) is 19.7. The predicted molar refractivity (Wildman–Crippen MR) is 128 cm³/mol. The number of para-hydroxylation sites is 1. The van der Waals surface area contributed by atoms with Crippen LogP contribution in [-0.4, -0.2) is 43.2 Å². The Morgan fingerprint density at radius 1 is 1.09 bits per heavy atom. The summed E-state index contributed by atoms with van der Waals surface area (Å²) in [6.07, 6.45) is 3.38. The van der Waals surface area contributed by atoms with Gasteiger partial charge in [-0.3, -0.25) is 4.79 Å². The first-order valence-electron chi connectivity index (χ1n) is 10.5. The number of sulfonamides is 1. The van der Waals surface area contributed by atoms with Gasteiger partial charge >= 0.3 is 5.97 Å². The lowest BCUT2D eigenvalue weighted by Gasteiger charge is -2.06. The van der Waals surface area contributed by atoms with Crippen molar-refractivity contribution in [3.8, 4) is 5.69 Å². The topological polar surface area (TPSA) is 133 Å². The fraction of sp³-hybridized carbons (Fsp3) is 0.208. The van der Waals surface area contributed by atoms with Gasteiger partial charge in [0.2, 0.25) is 10.0 Å². The molecule has 0 fully saturated rings. The number of amides is 1. The molecule has 0 unspecified atom stereocenters. The lowest BCUT2D eigenvalue weighted by atomic mass is 10.1. The number of carbonyl (C=O) groups is 2.